The van der Waals surface area contributed by atoms with Crippen molar-refractivity contribution in [3.8, 4) is 17.1 Å². The summed E-state index contributed by atoms with van der Waals surface area (Å²) in [6, 6.07) is 23.0. The van der Waals surface area contributed by atoms with Gasteiger partial charge in [0.25, 0.3) is 5.69 Å². The van der Waals surface area contributed by atoms with Gasteiger partial charge in [-0.15, -0.1) is 0 Å². The van der Waals surface area contributed by atoms with E-state index < -0.39 is 4.92 Å². The lowest BCUT2D eigenvalue weighted by Gasteiger charge is -2.26. The van der Waals surface area contributed by atoms with Crippen LogP contribution in [-0.4, -0.2) is 21.6 Å². The van der Waals surface area contributed by atoms with Gasteiger partial charge in [-0.2, -0.15) is 0 Å². The molecule has 9 heteroatoms. The van der Waals surface area contributed by atoms with Crippen LogP contribution in [0.1, 0.15) is 30.5 Å². The van der Waals surface area contributed by atoms with Crippen molar-refractivity contribution in [1.29, 1.82) is 0 Å². The van der Waals surface area contributed by atoms with Gasteiger partial charge < -0.3 is 19.4 Å². The number of nitrogens with one attached hydrogen (secondary N) is 1. The van der Waals surface area contributed by atoms with Crippen LogP contribution in [0.2, 0.25) is 0 Å². The highest BCUT2D eigenvalue weighted by Crippen LogP contribution is 2.43. The number of hydrogen-bond acceptors (Lipinski definition) is 6. The van der Waals surface area contributed by atoms with E-state index in [1.807, 2.05) is 66.4 Å². The number of nitro benzene ring substituents is 1. The number of rotatable bonds is 7. The van der Waals surface area contributed by atoms with Crippen LogP contribution in [0.15, 0.2) is 89.5 Å². The van der Waals surface area contributed by atoms with Gasteiger partial charge >= 0.3 is 0 Å². The van der Waals surface area contributed by atoms with Gasteiger partial charge in [0.05, 0.1) is 23.3 Å². The molecule has 0 spiro atoms. The van der Waals surface area contributed by atoms with Crippen LogP contribution in [0, 0.1) is 10.1 Å². The molecule has 0 radical (unpaired) electrons. The van der Waals surface area contributed by atoms with E-state index in [0.717, 1.165) is 17.1 Å². The fourth-order valence-electron chi connectivity index (χ4n) is 4.23. The number of benzene rings is 2. The molecule has 4 aromatic rings. The van der Waals surface area contributed by atoms with E-state index in [1.165, 1.54) is 12.1 Å². The minimum absolute atomic E-state index is 0.00605. The van der Waals surface area contributed by atoms with Gasteiger partial charge in [-0.3, -0.25) is 15.1 Å². The molecule has 1 saturated heterocycles. The predicted octanol–water partition coefficient (Wildman–Crippen LogP) is 5.83. The molecule has 1 aliphatic rings. The normalized spacial score (nSPS) is 17.3. The maximum absolute atomic E-state index is 11.2. The highest BCUT2D eigenvalue weighted by molar-refractivity contribution is 7.80. The zero-order valence-corrected chi connectivity index (χ0v) is 19.6. The van der Waals surface area contributed by atoms with E-state index >= 15 is 0 Å². The molecule has 0 aliphatic carbocycles. The van der Waals surface area contributed by atoms with Crippen LogP contribution in [0.5, 0.6) is 5.75 Å². The second kappa shape index (κ2) is 9.55. The molecule has 8 nitrogen and oxygen atoms in total. The topological polar surface area (TPSA) is 93.7 Å². The molecule has 5 rings (SSSR count). The summed E-state index contributed by atoms with van der Waals surface area (Å²) in [6.07, 6.45) is 1.74. The lowest BCUT2D eigenvalue weighted by atomic mass is 10.0. The van der Waals surface area contributed by atoms with E-state index in [1.54, 1.807) is 18.3 Å². The number of thiocarbonyl (C=S) groups is 1. The zero-order valence-electron chi connectivity index (χ0n) is 18.8. The van der Waals surface area contributed by atoms with Gasteiger partial charge in [0.15, 0.2) is 5.11 Å². The molecule has 35 heavy (non-hydrogen) atoms. The molecule has 0 amide bonds. The van der Waals surface area contributed by atoms with Crippen molar-refractivity contribution < 1.29 is 14.1 Å². The van der Waals surface area contributed by atoms with Crippen LogP contribution in [0.4, 0.5) is 11.4 Å². The second-order valence-electron chi connectivity index (χ2n) is 7.93. The Balaban J connectivity index is 1.56. The van der Waals surface area contributed by atoms with Crippen molar-refractivity contribution >= 4 is 28.7 Å². The van der Waals surface area contributed by atoms with Gasteiger partial charge in [-0.05, 0) is 67.7 Å². The van der Waals surface area contributed by atoms with Gasteiger partial charge in [-0.25, -0.2) is 0 Å². The molecule has 1 N–H and O–H groups in total. The van der Waals surface area contributed by atoms with Gasteiger partial charge in [0, 0.05) is 29.6 Å². The summed E-state index contributed by atoms with van der Waals surface area (Å²) >= 11 is 5.75. The fourth-order valence-corrected chi connectivity index (χ4v) is 4.58. The molecule has 0 bridgehead atoms. The lowest BCUT2D eigenvalue weighted by Crippen LogP contribution is -2.29. The monoisotopic (exact) mass is 486 g/mol. The van der Waals surface area contributed by atoms with Crippen LogP contribution in [0.3, 0.4) is 0 Å². The number of hydrogen-bond donors (Lipinski definition) is 1. The number of furan rings is 1. The van der Waals surface area contributed by atoms with E-state index in [-0.39, 0.29) is 17.8 Å². The van der Waals surface area contributed by atoms with Crippen LogP contribution >= 0.6 is 12.2 Å². The maximum atomic E-state index is 11.2. The summed E-state index contributed by atoms with van der Waals surface area (Å²) in [4.78, 5) is 17.4. The molecule has 2 atom stereocenters. The Hall–Kier alpha value is -4.24. The number of ether oxygens (including phenoxy) is 1. The Morgan fingerprint density at radius 2 is 1.94 bits per heavy atom. The Kier molecular flexibility index (Phi) is 6.15. The molecule has 2 aromatic carbocycles. The molecular formula is C26H22N4O4S. The first-order valence-electron chi connectivity index (χ1n) is 11.1. The van der Waals surface area contributed by atoms with Gasteiger partial charge in [0.2, 0.25) is 0 Å². The van der Waals surface area contributed by atoms with E-state index in [9.17, 15) is 10.1 Å². The molecule has 176 valence electrons. The van der Waals surface area contributed by atoms with Crippen molar-refractivity contribution in [2.24, 2.45) is 0 Å². The summed E-state index contributed by atoms with van der Waals surface area (Å²) in [5.41, 5.74) is 2.33. The minimum Gasteiger partial charge on any atom is -0.494 e. The van der Waals surface area contributed by atoms with E-state index in [4.69, 9.17) is 21.4 Å². The average Bonchev–Trinajstić information content (AvgIpc) is 3.50. The SMILES string of the molecule is CCOc1ccc(N2C(=S)N[C@H](c3ccccn3)[C@@H]2c2ccc(-c3cccc([N+](=O)[O-])c3)o2)cc1. The first kappa shape index (κ1) is 22.5. The Morgan fingerprint density at radius 1 is 1.11 bits per heavy atom. The van der Waals surface area contributed by atoms with Gasteiger partial charge in [0.1, 0.15) is 23.3 Å². The average molecular weight is 487 g/mol. The quantitative estimate of drug-likeness (QED) is 0.198. The van der Waals surface area contributed by atoms with E-state index in [2.05, 4.69) is 10.3 Å². The van der Waals surface area contributed by atoms with Crippen LogP contribution in [0.25, 0.3) is 11.3 Å². The molecule has 1 aliphatic heterocycles. The van der Waals surface area contributed by atoms with Crippen molar-refractivity contribution in [2.75, 3.05) is 11.5 Å². The minimum atomic E-state index is -0.419. The third kappa shape index (κ3) is 4.45. The summed E-state index contributed by atoms with van der Waals surface area (Å²) in [6.45, 7) is 2.52. The zero-order chi connectivity index (χ0) is 24.4. The Labute approximate surface area is 207 Å². The van der Waals surface area contributed by atoms with Crippen molar-refractivity contribution in [3.63, 3.8) is 0 Å². The number of pyridine rings is 1. The summed E-state index contributed by atoms with van der Waals surface area (Å²) in [5.74, 6) is 1.97. The highest BCUT2D eigenvalue weighted by atomic mass is 32.1. The predicted molar refractivity (Wildman–Crippen MR) is 136 cm³/mol. The summed E-state index contributed by atoms with van der Waals surface area (Å²) in [7, 11) is 0. The van der Waals surface area contributed by atoms with E-state index in [0.29, 0.717) is 28.8 Å². The largest absolute Gasteiger partial charge is 0.494 e. The third-order valence-electron chi connectivity index (χ3n) is 5.78. The first-order chi connectivity index (χ1) is 17.0. The molecule has 0 unspecified atom stereocenters. The molecular weight excluding hydrogens is 464 g/mol. The lowest BCUT2D eigenvalue weighted by molar-refractivity contribution is -0.384. The van der Waals surface area contributed by atoms with Crippen LogP contribution in [-0.2, 0) is 0 Å². The molecule has 1 fully saturated rings. The van der Waals surface area contributed by atoms with Crippen molar-refractivity contribution in [3.05, 3.63) is 107 Å². The number of non-ortho nitro benzene ring substituents is 1. The van der Waals surface area contributed by atoms with Crippen molar-refractivity contribution in [2.45, 2.75) is 19.0 Å². The summed E-state index contributed by atoms with van der Waals surface area (Å²) in [5, 5.41) is 15.2. The smallest absolute Gasteiger partial charge is 0.270 e. The van der Waals surface area contributed by atoms with Crippen LogP contribution < -0.4 is 15.0 Å². The maximum Gasteiger partial charge on any atom is 0.270 e. The molecule has 0 saturated carbocycles. The van der Waals surface area contributed by atoms with Crippen molar-refractivity contribution in [1.82, 2.24) is 10.3 Å². The standard InChI is InChI=1S/C26H22N4O4S/c1-2-33-20-11-9-18(10-12-20)29-25(24(28-26(29)35)21-8-3-4-15-27-21)23-14-13-22(34-23)17-6-5-7-19(16-17)30(31)32/h3-16,24-25H,2H2,1H3,(H,28,35)/t24-,25+/m1/s1. The van der Waals surface area contributed by atoms with Gasteiger partial charge in [-0.1, -0.05) is 18.2 Å². The Bertz CT molecular complexity index is 1360. The number of anilines is 1. The highest BCUT2D eigenvalue weighted by Gasteiger charge is 2.42. The molecule has 3 heterocycles. The number of nitro groups is 1. The third-order valence-corrected chi connectivity index (χ3v) is 6.10. The first-order valence-corrected chi connectivity index (χ1v) is 11.5. The molecule has 2 aromatic heterocycles. The number of nitrogens with zero attached hydrogens (tertiary/aromatic N) is 3. The summed E-state index contributed by atoms with van der Waals surface area (Å²) < 4.78 is 11.9. The number of aromatic nitrogens is 1. The fraction of sp³-hybridized carbons (Fsp3) is 0.154. The second-order valence-corrected chi connectivity index (χ2v) is 8.32. The Morgan fingerprint density at radius 3 is 2.66 bits per heavy atom.